The van der Waals surface area contributed by atoms with Crippen LogP contribution >= 0.6 is 11.8 Å². The number of aliphatic hydroxyl groups excluding tert-OH is 3. The summed E-state index contributed by atoms with van der Waals surface area (Å²) in [5, 5.41) is 29.2. The first-order valence-corrected chi connectivity index (χ1v) is 6.53. The summed E-state index contributed by atoms with van der Waals surface area (Å²) in [4.78, 5) is 6.05. The van der Waals surface area contributed by atoms with Crippen molar-refractivity contribution >= 4 is 16.9 Å². The van der Waals surface area contributed by atoms with Gasteiger partial charge in [0.25, 0.3) is 0 Å². The highest BCUT2D eigenvalue weighted by atomic mass is 32.2. The van der Waals surface area contributed by atoms with E-state index >= 15 is 0 Å². The molecule has 3 N–H and O–H groups in total. The molecule has 2 heterocycles. The number of aliphatic hydroxyl groups is 3. The van der Waals surface area contributed by atoms with Crippen LogP contribution in [0.2, 0.25) is 0 Å². The Kier molecular flexibility index (Phi) is 4.12. The largest absolute Gasteiger partial charge is 0.388 e. The van der Waals surface area contributed by atoms with Crippen LogP contribution in [0.3, 0.4) is 0 Å². The molecule has 6 nitrogen and oxygen atoms in total. The quantitative estimate of drug-likeness (QED) is 0.610. The minimum absolute atomic E-state index is 0.362. The molecule has 0 aromatic heterocycles. The number of hydrogen-bond acceptors (Lipinski definition) is 7. The number of nitrogens with zero attached hydrogens (tertiary/aromatic N) is 2. The zero-order valence-corrected chi connectivity index (χ0v) is 10.9. The minimum atomic E-state index is -2.07. The highest BCUT2D eigenvalue weighted by Crippen LogP contribution is 2.37. The third-order valence-corrected chi connectivity index (χ3v) is 4.26. The Hall–Kier alpha value is -0.410. The topological polar surface area (TPSA) is 85.5 Å². The van der Waals surface area contributed by atoms with Crippen molar-refractivity contribution < 1.29 is 24.4 Å². The van der Waals surface area contributed by atoms with Gasteiger partial charge in [0.2, 0.25) is 0 Å². The van der Waals surface area contributed by atoms with E-state index in [1.807, 2.05) is 14.1 Å². The molecular formula is C10H17FN2O4S. The van der Waals surface area contributed by atoms with E-state index in [-0.39, 0.29) is 6.42 Å². The van der Waals surface area contributed by atoms with Crippen LogP contribution in [-0.2, 0) is 4.74 Å². The van der Waals surface area contributed by atoms with Gasteiger partial charge in [0, 0.05) is 20.5 Å². The van der Waals surface area contributed by atoms with E-state index in [4.69, 9.17) is 9.84 Å². The second-order valence-corrected chi connectivity index (χ2v) is 5.67. The van der Waals surface area contributed by atoms with Crippen molar-refractivity contribution in [2.75, 3.05) is 14.1 Å². The molecule has 0 bridgehead atoms. The number of alkyl halides is 1. The summed E-state index contributed by atoms with van der Waals surface area (Å²) in [6.45, 7) is 0. The van der Waals surface area contributed by atoms with Crippen LogP contribution in [0.5, 0.6) is 0 Å². The van der Waals surface area contributed by atoms with Crippen LogP contribution in [0, 0.1) is 0 Å². The predicted molar refractivity (Wildman–Crippen MR) is 64.9 cm³/mol. The second kappa shape index (κ2) is 5.30. The molecule has 0 radical (unpaired) electrons. The van der Waals surface area contributed by atoms with Crippen LogP contribution in [0.1, 0.15) is 6.42 Å². The lowest BCUT2D eigenvalue weighted by atomic mass is 9.96. The maximum absolute atomic E-state index is 12.6. The number of ether oxygens (including phenoxy) is 1. The van der Waals surface area contributed by atoms with Gasteiger partial charge >= 0.3 is 0 Å². The van der Waals surface area contributed by atoms with Gasteiger partial charge in [0.05, 0.1) is 6.10 Å². The van der Waals surface area contributed by atoms with Gasteiger partial charge in [0.1, 0.15) is 23.7 Å². The van der Waals surface area contributed by atoms with Gasteiger partial charge in [-0.1, -0.05) is 11.8 Å². The number of rotatable bonds is 2. The SMILES string of the molecule is CN(C)C1=N[C@@H]2[C@@H](O)[C@H](O)[C@H](C[C@H](O)F)O[C@@H]2S1. The Morgan fingerprint density at radius 3 is 2.67 bits per heavy atom. The summed E-state index contributed by atoms with van der Waals surface area (Å²) in [6.07, 6.45) is -5.72. The molecule has 0 aliphatic carbocycles. The molecule has 1 saturated heterocycles. The summed E-state index contributed by atoms with van der Waals surface area (Å²) in [6, 6.07) is -0.560. The number of fused-ring (bicyclic) bond motifs is 1. The summed E-state index contributed by atoms with van der Waals surface area (Å²) in [5.74, 6) is 0. The fourth-order valence-corrected chi connectivity index (χ4v) is 3.18. The van der Waals surface area contributed by atoms with E-state index in [0.29, 0.717) is 5.17 Å². The Morgan fingerprint density at radius 1 is 1.44 bits per heavy atom. The third kappa shape index (κ3) is 2.62. The summed E-state index contributed by atoms with van der Waals surface area (Å²) >= 11 is 1.32. The zero-order valence-electron chi connectivity index (χ0n) is 10.1. The van der Waals surface area contributed by atoms with E-state index in [1.165, 1.54) is 11.8 Å². The normalized spacial score (nSPS) is 41.2. The molecule has 104 valence electrons. The molecule has 6 atom stereocenters. The van der Waals surface area contributed by atoms with E-state index in [9.17, 15) is 14.6 Å². The van der Waals surface area contributed by atoms with Gasteiger partial charge in [-0.15, -0.1) is 0 Å². The van der Waals surface area contributed by atoms with Gasteiger partial charge in [-0.25, -0.2) is 4.39 Å². The first kappa shape index (κ1) is 14.0. The van der Waals surface area contributed by atoms with Crippen molar-refractivity contribution in [1.29, 1.82) is 0 Å². The highest BCUT2D eigenvalue weighted by Gasteiger charge is 2.48. The lowest BCUT2D eigenvalue weighted by molar-refractivity contribution is -0.169. The maximum Gasteiger partial charge on any atom is 0.198 e. The summed E-state index contributed by atoms with van der Waals surface area (Å²) in [7, 11) is 3.63. The highest BCUT2D eigenvalue weighted by molar-refractivity contribution is 8.14. The monoisotopic (exact) mass is 280 g/mol. The van der Waals surface area contributed by atoms with Crippen molar-refractivity contribution in [2.45, 2.75) is 42.6 Å². The van der Waals surface area contributed by atoms with Crippen molar-refractivity contribution in [3.63, 3.8) is 0 Å². The third-order valence-electron chi connectivity index (χ3n) is 2.96. The standard InChI is InChI=1S/C10H17FN2O4S/c1-13(2)10-12-6-8(16)7(15)4(3-5(11)14)17-9(6)18-10/h4-9,14-16H,3H2,1-2H3/t4-,5-,6+,7+,8+,9+/m0/s1. The molecule has 8 heteroatoms. The van der Waals surface area contributed by atoms with Gasteiger partial charge in [-0.2, -0.15) is 0 Å². The molecule has 0 aromatic carbocycles. The van der Waals surface area contributed by atoms with Crippen molar-refractivity contribution in [2.24, 2.45) is 4.99 Å². The first-order valence-electron chi connectivity index (χ1n) is 5.65. The molecule has 1 fully saturated rings. The molecule has 0 aromatic rings. The number of thioether (sulfide) groups is 1. The Balaban J connectivity index is 2.09. The number of aliphatic imine (C=N–C) groups is 1. The molecule has 0 saturated carbocycles. The predicted octanol–water partition coefficient (Wildman–Crippen LogP) is -0.856. The lowest BCUT2D eigenvalue weighted by Gasteiger charge is -2.38. The number of hydrogen-bond donors (Lipinski definition) is 3. The molecule has 2 aliphatic rings. The lowest BCUT2D eigenvalue weighted by Crippen LogP contribution is -2.55. The molecule has 0 amide bonds. The molecule has 0 spiro atoms. The smallest absolute Gasteiger partial charge is 0.198 e. The molecule has 0 unspecified atom stereocenters. The van der Waals surface area contributed by atoms with Crippen molar-refractivity contribution in [3.05, 3.63) is 0 Å². The fourth-order valence-electron chi connectivity index (χ4n) is 2.02. The Morgan fingerprint density at radius 2 is 2.11 bits per heavy atom. The fraction of sp³-hybridized carbons (Fsp3) is 0.900. The second-order valence-electron chi connectivity index (χ2n) is 4.61. The first-order chi connectivity index (χ1) is 8.40. The van der Waals surface area contributed by atoms with E-state index in [0.717, 1.165) is 0 Å². The summed E-state index contributed by atoms with van der Waals surface area (Å²) < 4.78 is 18.1. The van der Waals surface area contributed by atoms with Crippen molar-refractivity contribution in [1.82, 2.24) is 4.90 Å². The Labute approximate surface area is 108 Å². The van der Waals surface area contributed by atoms with Crippen molar-refractivity contribution in [3.8, 4) is 0 Å². The number of amidine groups is 1. The minimum Gasteiger partial charge on any atom is -0.388 e. The van der Waals surface area contributed by atoms with Crippen LogP contribution in [0.25, 0.3) is 0 Å². The average molecular weight is 280 g/mol. The van der Waals surface area contributed by atoms with E-state index < -0.39 is 36.1 Å². The number of halogens is 1. The van der Waals surface area contributed by atoms with E-state index in [1.54, 1.807) is 4.90 Å². The average Bonchev–Trinajstić information content (AvgIpc) is 2.69. The molecule has 2 aliphatic heterocycles. The van der Waals surface area contributed by atoms with Crippen LogP contribution in [0.4, 0.5) is 4.39 Å². The Bertz CT molecular complexity index is 342. The molecule has 18 heavy (non-hydrogen) atoms. The molecular weight excluding hydrogens is 263 g/mol. The van der Waals surface area contributed by atoms with Gasteiger partial charge in [-0.3, -0.25) is 4.99 Å². The van der Waals surface area contributed by atoms with Gasteiger partial charge < -0.3 is 25.0 Å². The van der Waals surface area contributed by atoms with E-state index in [2.05, 4.69) is 4.99 Å². The van der Waals surface area contributed by atoms with Gasteiger partial charge in [-0.05, 0) is 0 Å². The molecule has 2 rings (SSSR count). The van der Waals surface area contributed by atoms with Gasteiger partial charge in [0.15, 0.2) is 11.5 Å². The van der Waals surface area contributed by atoms with Crippen LogP contribution in [0.15, 0.2) is 4.99 Å². The maximum atomic E-state index is 12.6. The summed E-state index contributed by atoms with van der Waals surface area (Å²) in [5.41, 5.74) is -0.454. The van der Waals surface area contributed by atoms with Crippen LogP contribution in [-0.4, -0.2) is 75.6 Å². The zero-order chi connectivity index (χ0) is 13.4. The van der Waals surface area contributed by atoms with Crippen LogP contribution < -0.4 is 0 Å².